The van der Waals surface area contributed by atoms with E-state index in [4.69, 9.17) is 9.97 Å². The quantitative estimate of drug-likeness (QED) is 0.438. The van der Waals surface area contributed by atoms with Gasteiger partial charge in [-0.3, -0.25) is 0 Å². The minimum absolute atomic E-state index is 1.04. The summed E-state index contributed by atoms with van der Waals surface area (Å²) in [5, 5.41) is 2.61. The van der Waals surface area contributed by atoms with Gasteiger partial charge < -0.3 is 0 Å². The van der Waals surface area contributed by atoms with Crippen molar-refractivity contribution in [2.24, 2.45) is 0 Å². The van der Waals surface area contributed by atoms with Gasteiger partial charge in [-0.25, -0.2) is 9.97 Å². The summed E-state index contributed by atoms with van der Waals surface area (Å²) in [6, 6.07) is 13.0. The van der Waals surface area contributed by atoms with Crippen molar-refractivity contribution in [1.82, 2.24) is 9.97 Å². The van der Waals surface area contributed by atoms with Crippen molar-refractivity contribution in [2.45, 2.75) is 52.4 Å². The van der Waals surface area contributed by atoms with E-state index in [1.165, 1.54) is 59.0 Å². The van der Waals surface area contributed by atoms with Gasteiger partial charge in [0, 0.05) is 16.5 Å². The number of aryl methyl sites for hydroxylation is 2. The van der Waals surface area contributed by atoms with Crippen LogP contribution in [0.5, 0.6) is 0 Å². The van der Waals surface area contributed by atoms with E-state index in [2.05, 4.69) is 50.2 Å². The Morgan fingerprint density at radius 1 is 0.708 bits per heavy atom. The van der Waals surface area contributed by atoms with Crippen molar-refractivity contribution in [3.8, 4) is 22.5 Å². The number of rotatable bonds is 6. The zero-order valence-electron chi connectivity index (χ0n) is 14.6. The zero-order valence-corrected chi connectivity index (χ0v) is 14.6. The Hall–Kier alpha value is -2.22. The van der Waals surface area contributed by atoms with E-state index in [-0.39, 0.29) is 0 Å². The Balaban J connectivity index is 1.90. The minimum Gasteiger partial charge on any atom is -0.249 e. The van der Waals surface area contributed by atoms with Gasteiger partial charge in [0.1, 0.15) is 0 Å². The summed E-state index contributed by atoms with van der Waals surface area (Å²) in [6.07, 6.45) is 6.85. The fourth-order valence-electron chi connectivity index (χ4n) is 3.70. The Morgan fingerprint density at radius 3 is 1.67 bits per heavy atom. The van der Waals surface area contributed by atoms with Crippen molar-refractivity contribution in [1.29, 1.82) is 0 Å². The molecule has 0 amide bonds. The molecular weight excluding hydrogens is 292 g/mol. The molecule has 0 aliphatic heterocycles. The molecule has 122 valence electrons. The third-order valence-corrected chi connectivity index (χ3v) is 5.00. The fourth-order valence-corrected chi connectivity index (χ4v) is 3.70. The molecule has 1 aliphatic rings. The first-order valence-electron chi connectivity index (χ1n) is 9.25. The molecule has 1 aromatic heterocycles. The van der Waals surface area contributed by atoms with Crippen LogP contribution in [0.4, 0.5) is 0 Å². The fraction of sp³-hybridized carbons (Fsp3) is 0.364. The lowest BCUT2D eigenvalue weighted by Gasteiger charge is -2.11. The maximum atomic E-state index is 5.12. The van der Waals surface area contributed by atoms with E-state index in [9.17, 15) is 0 Å². The molecule has 4 rings (SSSR count). The topological polar surface area (TPSA) is 25.8 Å². The first-order chi connectivity index (χ1) is 11.8. The number of benzene rings is 2. The van der Waals surface area contributed by atoms with Crippen LogP contribution < -0.4 is 0 Å². The van der Waals surface area contributed by atoms with Crippen LogP contribution in [0.1, 0.15) is 50.9 Å². The molecule has 0 unspecified atom stereocenters. The smallest absolute Gasteiger partial charge is 0.0975 e. The molecule has 0 bridgehead atoms. The molecule has 24 heavy (non-hydrogen) atoms. The number of hydrogen-bond donors (Lipinski definition) is 0. The van der Waals surface area contributed by atoms with Crippen molar-refractivity contribution >= 4 is 10.8 Å². The average molecular weight is 316 g/mol. The van der Waals surface area contributed by atoms with Crippen LogP contribution >= 0.6 is 0 Å². The normalized spacial score (nSPS) is 11.9. The predicted molar refractivity (Wildman–Crippen MR) is 101 cm³/mol. The molecular formula is C22H24N2. The standard InChI is InChI=1S/C22H24N2/c1-3-5-13-18-19(14-6-4-2)24-22-17-12-8-10-15-9-7-11-16(20(15)17)21(22)23-18/h7-12H,3-6,13-14H2,1-2H3. The van der Waals surface area contributed by atoms with Gasteiger partial charge >= 0.3 is 0 Å². The molecule has 0 atom stereocenters. The third kappa shape index (κ3) is 2.41. The molecule has 2 nitrogen and oxygen atoms in total. The van der Waals surface area contributed by atoms with Crippen molar-refractivity contribution in [2.75, 3.05) is 0 Å². The first-order valence-corrected chi connectivity index (χ1v) is 9.25. The number of aromatic nitrogens is 2. The third-order valence-electron chi connectivity index (χ3n) is 5.00. The highest BCUT2D eigenvalue weighted by atomic mass is 14.9. The summed E-state index contributed by atoms with van der Waals surface area (Å²) in [7, 11) is 0. The van der Waals surface area contributed by atoms with Gasteiger partial charge in [-0.2, -0.15) is 0 Å². The summed E-state index contributed by atoms with van der Waals surface area (Å²) in [6.45, 7) is 4.48. The van der Waals surface area contributed by atoms with Crippen molar-refractivity contribution in [3.05, 3.63) is 47.8 Å². The van der Waals surface area contributed by atoms with Crippen LogP contribution in [-0.2, 0) is 12.8 Å². The van der Waals surface area contributed by atoms with Gasteiger partial charge in [0.15, 0.2) is 0 Å². The highest BCUT2D eigenvalue weighted by Crippen LogP contribution is 2.45. The second-order valence-corrected chi connectivity index (χ2v) is 6.73. The van der Waals surface area contributed by atoms with E-state index in [0.717, 1.165) is 24.2 Å². The Kier molecular flexibility index (Phi) is 4.05. The summed E-state index contributed by atoms with van der Waals surface area (Å²) < 4.78 is 0. The van der Waals surface area contributed by atoms with Crippen LogP contribution in [0.2, 0.25) is 0 Å². The van der Waals surface area contributed by atoms with Crippen LogP contribution in [0, 0.1) is 0 Å². The van der Waals surface area contributed by atoms with Crippen molar-refractivity contribution < 1.29 is 0 Å². The lowest BCUT2D eigenvalue weighted by molar-refractivity contribution is 0.725. The average Bonchev–Trinajstić information content (AvgIpc) is 2.93. The highest BCUT2D eigenvalue weighted by molar-refractivity contribution is 6.13. The van der Waals surface area contributed by atoms with E-state index >= 15 is 0 Å². The summed E-state index contributed by atoms with van der Waals surface area (Å²) in [5.74, 6) is 0. The largest absolute Gasteiger partial charge is 0.249 e. The van der Waals surface area contributed by atoms with E-state index in [0.29, 0.717) is 0 Å². The van der Waals surface area contributed by atoms with E-state index in [1.807, 2.05) is 0 Å². The molecule has 1 aliphatic carbocycles. The van der Waals surface area contributed by atoms with Crippen molar-refractivity contribution in [3.63, 3.8) is 0 Å². The molecule has 2 aromatic carbocycles. The predicted octanol–water partition coefficient (Wildman–Crippen LogP) is 5.96. The Labute approximate surface area is 144 Å². The zero-order chi connectivity index (χ0) is 16.5. The SMILES string of the molecule is CCCCc1nc2c(nc1CCCC)-c1cccc3cccc-2c13. The van der Waals surface area contributed by atoms with Gasteiger partial charge in [0.2, 0.25) is 0 Å². The van der Waals surface area contributed by atoms with Gasteiger partial charge in [-0.15, -0.1) is 0 Å². The molecule has 0 saturated carbocycles. The number of fused-ring (bicyclic) bond motifs is 3. The lowest BCUT2D eigenvalue weighted by atomic mass is 10.0. The molecule has 0 saturated heterocycles. The van der Waals surface area contributed by atoms with Gasteiger partial charge in [-0.05, 0) is 31.1 Å². The number of hydrogen-bond acceptors (Lipinski definition) is 2. The molecule has 0 N–H and O–H groups in total. The molecule has 2 heteroatoms. The molecule has 1 heterocycles. The maximum absolute atomic E-state index is 5.12. The summed E-state index contributed by atoms with van der Waals surface area (Å²) in [5.41, 5.74) is 7.12. The highest BCUT2D eigenvalue weighted by Gasteiger charge is 2.25. The first kappa shape index (κ1) is 15.3. The monoisotopic (exact) mass is 316 g/mol. The molecule has 0 spiro atoms. The Morgan fingerprint density at radius 2 is 1.21 bits per heavy atom. The summed E-state index contributed by atoms with van der Waals surface area (Å²) in [4.78, 5) is 10.2. The second-order valence-electron chi connectivity index (χ2n) is 6.73. The van der Waals surface area contributed by atoms with Gasteiger partial charge in [0.05, 0.1) is 22.8 Å². The van der Waals surface area contributed by atoms with Crippen LogP contribution in [-0.4, -0.2) is 9.97 Å². The lowest BCUT2D eigenvalue weighted by Crippen LogP contribution is -2.04. The second kappa shape index (κ2) is 6.35. The van der Waals surface area contributed by atoms with E-state index < -0.39 is 0 Å². The van der Waals surface area contributed by atoms with E-state index in [1.54, 1.807) is 0 Å². The molecule has 3 aromatic rings. The van der Waals surface area contributed by atoms with Gasteiger partial charge in [0.25, 0.3) is 0 Å². The number of nitrogens with zero attached hydrogens (tertiary/aromatic N) is 2. The summed E-state index contributed by atoms with van der Waals surface area (Å²) >= 11 is 0. The maximum Gasteiger partial charge on any atom is 0.0975 e. The van der Waals surface area contributed by atoms with Crippen LogP contribution in [0.3, 0.4) is 0 Å². The van der Waals surface area contributed by atoms with Crippen LogP contribution in [0.15, 0.2) is 36.4 Å². The molecule has 0 radical (unpaired) electrons. The number of unbranched alkanes of at least 4 members (excludes halogenated alkanes) is 2. The Bertz CT molecular complexity index is 826. The minimum atomic E-state index is 1.04. The molecule has 0 fully saturated rings. The van der Waals surface area contributed by atoms with Gasteiger partial charge in [-0.1, -0.05) is 63.1 Å². The van der Waals surface area contributed by atoms with Crippen LogP contribution in [0.25, 0.3) is 33.3 Å².